The Balaban J connectivity index is 1.81. The van der Waals surface area contributed by atoms with Crippen molar-refractivity contribution < 1.29 is 9.94 Å². The number of nitrogens with two attached hydrogens (primary N) is 1. The zero-order valence-corrected chi connectivity index (χ0v) is 10.4. The largest absolute Gasteiger partial charge is 0.392 e. The van der Waals surface area contributed by atoms with Gasteiger partial charge in [0.1, 0.15) is 13.2 Å². The molecule has 19 heavy (non-hydrogen) atoms. The van der Waals surface area contributed by atoms with E-state index in [9.17, 15) is 0 Å². The van der Waals surface area contributed by atoms with Crippen molar-refractivity contribution in [3.63, 3.8) is 0 Å². The van der Waals surface area contributed by atoms with Crippen LogP contribution in [0.25, 0.3) is 0 Å². The van der Waals surface area contributed by atoms with Crippen molar-refractivity contribution in [2.45, 2.75) is 19.8 Å². The van der Waals surface area contributed by atoms with Gasteiger partial charge in [-0.2, -0.15) is 5.10 Å². The standard InChI is InChI=1S/C13H16N4O2/c14-13(8-17-7-1-6-15-17)16-19-10-12-4-2-11(9-18)3-5-12/h1-7,18H,8-10H2,(H2,14,16). The summed E-state index contributed by atoms with van der Waals surface area (Å²) in [4.78, 5) is 5.16. The van der Waals surface area contributed by atoms with Crippen molar-refractivity contribution in [2.24, 2.45) is 10.9 Å². The Morgan fingerprint density at radius 2 is 2.05 bits per heavy atom. The summed E-state index contributed by atoms with van der Waals surface area (Å²) in [5.41, 5.74) is 7.54. The zero-order valence-electron chi connectivity index (χ0n) is 10.4. The van der Waals surface area contributed by atoms with E-state index in [1.165, 1.54) is 0 Å². The molecule has 0 saturated heterocycles. The van der Waals surface area contributed by atoms with E-state index in [2.05, 4.69) is 10.3 Å². The number of benzene rings is 1. The molecule has 0 saturated carbocycles. The third-order valence-corrected chi connectivity index (χ3v) is 2.50. The van der Waals surface area contributed by atoms with E-state index in [1.54, 1.807) is 17.1 Å². The third kappa shape index (κ3) is 4.11. The molecule has 0 aliphatic carbocycles. The molecule has 0 radical (unpaired) electrons. The number of aliphatic hydroxyl groups excluding tert-OH is 1. The highest BCUT2D eigenvalue weighted by Gasteiger charge is 1.97. The Morgan fingerprint density at radius 1 is 1.32 bits per heavy atom. The molecule has 6 nitrogen and oxygen atoms in total. The predicted octanol–water partition coefficient (Wildman–Crippen LogP) is 0.864. The summed E-state index contributed by atoms with van der Waals surface area (Å²) in [5.74, 6) is 0.357. The molecule has 0 atom stereocenters. The van der Waals surface area contributed by atoms with E-state index in [-0.39, 0.29) is 6.61 Å². The highest BCUT2D eigenvalue weighted by molar-refractivity contribution is 5.79. The Morgan fingerprint density at radius 3 is 2.68 bits per heavy atom. The summed E-state index contributed by atoms with van der Waals surface area (Å²) in [5, 5.41) is 16.8. The number of aromatic nitrogens is 2. The van der Waals surface area contributed by atoms with Crippen LogP contribution < -0.4 is 5.73 Å². The van der Waals surface area contributed by atoms with Crippen LogP contribution in [0.1, 0.15) is 11.1 Å². The van der Waals surface area contributed by atoms with E-state index in [0.717, 1.165) is 11.1 Å². The van der Waals surface area contributed by atoms with Crippen LogP contribution in [0.4, 0.5) is 0 Å². The van der Waals surface area contributed by atoms with Gasteiger partial charge in [-0.1, -0.05) is 29.4 Å². The van der Waals surface area contributed by atoms with E-state index in [4.69, 9.17) is 15.7 Å². The molecule has 1 aromatic carbocycles. The molecule has 3 N–H and O–H groups in total. The normalized spacial score (nSPS) is 11.5. The Bertz CT molecular complexity index is 520. The van der Waals surface area contributed by atoms with Gasteiger partial charge in [-0.15, -0.1) is 0 Å². The molecule has 1 heterocycles. The predicted molar refractivity (Wildman–Crippen MR) is 71.0 cm³/mol. The molecule has 2 rings (SSSR count). The smallest absolute Gasteiger partial charge is 0.161 e. The van der Waals surface area contributed by atoms with Gasteiger partial charge in [0.2, 0.25) is 0 Å². The van der Waals surface area contributed by atoms with Gasteiger partial charge in [-0.05, 0) is 17.2 Å². The molecular formula is C13H16N4O2. The van der Waals surface area contributed by atoms with E-state index in [0.29, 0.717) is 19.0 Å². The maximum absolute atomic E-state index is 8.92. The SMILES string of the molecule is N/C(Cn1cccn1)=N/OCc1ccc(CO)cc1. The molecule has 6 heteroatoms. The zero-order chi connectivity index (χ0) is 13.5. The lowest BCUT2D eigenvalue weighted by molar-refractivity contribution is 0.129. The van der Waals surface area contributed by atoms with Crippen molar-refractivity contribution in [3.05, 3.63) is 53.9 Å². The summed E-state index contributed by atoms with van der Waals surface area (Å²) in [6, 6.07) is 9.26. The van der Waals surface area contributed by atoms with Crippen LogP contribution >= 0.6 is 0 Å². The summed E-state index contributed by atoms with van der Waals surface area (Å²) >= 11 is 0. The summed E-state index contributed by atoms with van der Waals surface area (Å²) in [7, 11) is 0. The number of nitrogens with zero attached hydrogens (tertiary/aromatic N) is 3. The average Bonchev–Trinajstić information content (AvgIpc) is 2.92. The quantitative estimate of drug-likeness (QED) is 0.458. The van der Waals surface area contributed by atoms with Crippen LogP contribution in [-0.2, 0) is 24.6 Å². The first-order valence-electron chi connectivity index (χ1n) is 5.88. The molecule has 0 unspecified atom stereocenters. The van der Waals surface area contributed by atoms with Crippen LogP contribution in [0, 0.1) is 0 Å². The Labute approximate surface area is 111 Å². The Kier molecular flexibility index (Phi) is 4.52. The van der Waals surface area contributed by atoms with Crippen LogP contribution in [0.2, 0.25) is 0 Å². The van der Waals surface area contributed by atoms with E-state index in [1.807, 2.05) is 30.3 Å². The van der Waals surface area contributed by atoms with Gasteiger partial charge in [0, 0.05) is 12.4 Å². The van der Waals surface area contributed by atoms with Crippen molar-refractivity contribution in [3.8, 4) is 0 Å². The maximum Gasteiger partial charge on any atom is 0.161 e. The van der Waals surface area contributed by atoms with Gasteiger partial charge in [0.25, 0.3) is 0 Å². The van der Waals surface area contributed by atoms with Crippen LogP contribution in [0.5, 0.6) is 0 Å². The molecule has 0 spiro atoms. The lowest BCUT2D eigenvalue weighted by Crippen LogP contribution is -2.20. The van der Waals surface area contributed by atoms with Crippen LogP contribution in [-0.4, -0.2) is 20.7 Å². The fraction of sp³-hybridized carbons (Fsp3) is 0.231. The van der Waals surface area contributed by atoms with Gasteiger partial charge >= 0.3 is 0 Å². The first kappa shape index (κ1) is 13.1. The first-order valence-corrected chi connectivity index (χ1v) is 5.88. The lowest BCUT2D eigenvalue weighted by atomic mass is 10.1. The highest BCUT2D eigenvalue weighted by atomic mass is 16.6. The fourth-order valence-electron chi connectivity index (χ4n) is 1.52. The second-order valence-corrected chi connectivity index (χ2v) is 4.03. The number of hydrogen-bond donors (Lipinski definition) is 2. The molecule has 2 aromatic rings. The van der Waals surface area contributed by atoms with E-state index >= 15 is 0 Å². The molecule has 1 aromatic heterocycles. The number of oxime groups is 1. The van der Waals surface area contributed by atoms with Crippen molar-refractivity contribution >= 4 is 5.84 Å². The number of amidine groups is 1. The van der Waals surface area contributed by atoms with Crippen LogP contribution in [0.3, 0.4) is 0 Å². The minimum absolute atomic E-state index is 0.0378. The first-order chi connectivity index (χ1) is 9.28. The van der Waals surface area contributed by atoms with Crippen molar-refractivity contribution in [2.75, 3.05) is 0 Å². The van der Waals surface area contributed by atoms with Gasteiger partial charge in [0.05, 0.1) is 6.61 Å². The molecule has 100 valence electrons. The van der Waals surface area contributed by atoms with Crippen molar-refractivity contribution in [1.29, 1.82) is 0 Å². The lowest BCUT2D eigenvalue weighted by Gasteiger charge is -2.03. The summed E-state index contributed by atoms with van der Waals surface area (Å²) in [6.07, 6.45) is 3.48. The van der Waals surface area contributed by atoms with Crippen LogP contribution in [0.15, 0.2) is 47.9 Å². The Hall–Kier alpha value is -2.34. The van der Waals surface area contributed by atoms with Gasteiger partial charge < -0.3 is 15.7 Å². The molecule has 0 aliphatic rings. The molecule has 0 aliphatic heterocycles. The molecule has 0 amide bonds. The monoisotopic (exact) mass is 260 g/mol. The van der Waals surface area contributed by atoms with Gasteiger partial charge in [-0.3, -0.25) is 4.68 Å². The second kappa shape index (κ2) is 6.55. The molecule has 0 fully saturated rings. The topological polar surface area (TPSA) is 85.7 Å². The average molecular weight is 260 g/mol. The second-order valence-electron chi connectivity index (χ2n) is 4.03. The fourth-order valence-corrected chi connectivity index (χ4v) is 1.52. The highest BCUT2D eigenvalue weighted by Crippen LogP contribution is 2.05. The minimum Gasteiger partial charge on any atom is -0.392 e. The third-order valence-electron chi connectivity index (χ3n) is 2.50. The number of hydrogen-bond acceptors (Lipinski definition) is 4. The van der Waals surface area contributed by atoms with Gasteiger partial charge in [0.15, 0.2) is 5.84 Å². The molecule has 0 bridgehead atoms. The number of aliphatic hydroxyl groups is 1. The maximum atomic E-state index is 8.92. The van der Waals surface area contributed by atoms with Gasteiger partial charge in [-0.25, -0.2) is 0 Å². The summed E-state index contributed by atoms with van der Waals surface area (Å²) < 4.78 is 1.66. The molecular weight excluding hydrogens is 244 g/mol. The summed E-state index contributed by atoms with van der Waals surface area (Å²) in [6.45, 7) is 0.776. The number of rotatable bonds is 6. The van der Waals surface area contributed by atoms with Crippen molar-refractivity contribution in [1.82, 2.24) is 9.78 Å². The minimum atomic E-state index is 0.0378. The van der Waals surface area contributed by atoms with E-state index < -0.39 is 0 Å².